The molecule has 0 atom stereocenters. The Balaban J connectivity index is 2.55. The molecule has 1 aromatic carbocycles. The van der Waals surface area contributed by atoms with Gasteiger partial charge >= 0.3 is 0 Å². The summed E-state index contributed by atoms with van der Waals surface area (Å²) in [4.78, 5) is 20.3. The van der Waals surface area contributed by atoms with E-state index in [2.05, 4.69) is 9.97 Å². The monoisotopic (exact) mass is 274 g/mol. The van der Waals surface area contributed by atoms with Crippen molar-refractivity contribution in [2.24, 2.45) is 0 Å². The number of hydrogen-bond donors (Lipinski definition) is 0. The summed E-state index contributed by atoms with van der Waals surface area (Å²) < 4.78 is 15.7. The van der Waals surface area contributed by atoms with Crippen molar-refractivity contribution in [3.8, 4) is 17.2 Å². The van der Waals surface area contributed by atoms with Crippen LogP contribution in [0.1, 0.15) is 16.1 Å². The lowest BCUT2D eigenvalue weighted by atomic mass is 10.1. The van der Waals surface area contributed by atoms with Crippen LogP contribution in [-0.2, 0) is 0 Å². The van der Waals surface area contributed by atoms with Crippen LogP contribution in [0.15, 0.2) is 30.7 Å². The van der Waals surface area contributed by atoms with E-state index >= 15 is 0 Å². The number of hydrogen-bond acceptors (Lipinski definition) is 6. The molecule has 6 heteroatoms. The maximum Gasteiger partial charge on any atom is 0.216 e. The van der Waals surface area contributed by atoms with Gasteiger partial charge in [-0.15, -0.1) is 0 Å². The minimum atomic E-state index is -0.295. The Morgan fingerprint density at radius 1 is 1.00 bits per heavy atom. The number of ether oxygens (including phenoxy) is 3. The van der Waals surface area contributed by atoms with Gasteiger partial charge in [-0.25, -0.2) is 4.98 Å². The fourth-order valence-corrected chi connectivity index (χ4v) is 1.83. The van der Waals surface area contributed by atoms with E-state index in [-0.39, 0.29) is 11.5 Å². The largest absolute Gasteiger partial charge is 0.493 e. The first-order chi connectivity index (χ1) is 9.72. The van der Waals surface area contributed by atoms with Crippen molar-refractivity contribution in [3.63, 3.8) is 0 Å². The Kier molecular flexibility index (Phi) is 4.14. The highest BCUT2D eigenvalue weighted by molar-refractivity contribution is 6.10. The average Bonchev–Trinajstić information content (AvgIpc) is 2.53. The van der Waals surface area contributed by atoms with Gasteiger partial charge in [-0.3, -0.25) is 9.78 Å². The maximum absolute atomic E-state index is 12.4. The Labute approximate surface area is 116 Å². The molecule has 104 valence electrons. The predicted molar refractivity (Wildman–Crippen MR) is 71.6 cm³/mol. The Morgan fingerprint density at radius 2 is 1.75 bits per heavy atom. The van der Waals surface area contributed by atoms with E-state index in [4.69, 9.17) is 14.2 Å². The first-order valence-electron chi connectivity index (χ1n) is 5.82. The highest BCUT2D eigenvalue weighted by Gasteiger charge is 2.22. The fraction of sp³-hybridized carbons (Fsp3) is 0.214. The number of carbonyl (C=O) groups is 1. The molecule has 1 aromatic heterocycles. The molecular formula is C14H14N2O4. The lowest BCUT2D eigenvalue weighted by Crippen LogP contribution is -2.08. The SMILES string of the molecule is COc1ccc(C(=O)c2cnccn2)c(OC)c1OC. The number of aromatic nitrogens is 2. The molecule has 0 unspecified atom stereocenters. The van der Waals surface area contributed by atoms with Crippen LogP contribution in [0.4, 0.5) is 0 Å². The molecule has 20 heavy (non-hydrogen) atoms. The van der Waals surface area contributed by atoms with Gasteiger partial charge < -0.3 is 14.2 Å². The van der Waals surface area contributed by atoms with Gasteiger partial charge in [0.25, 0.3) is 0 Å². The molecule has 0 N–H and O–H groups in total. The summed E-state index contributed by atoms with van der Waals surface area (Å²) in [6, 6.07) is 3.25. The van der Waals surface area contributed by atoms with Gasteiger partial charge in [-0.05, 0) is 12.1 Å². The molecule has 2 rings (SSSR count). The van der Waals surface area contributed by atoms with Crippen LogP contribution in [0.5, 0.6) is 17.2 Å². The molecule has 0 saturated heterocycles. The smallest absolute Gasteiger partial charge is 0.216 e. The molecule has 2 aromatic rings. The van der Waals surface area contributed by atoms with Crippen LogP contribution in [0.3, 0.4) is 0 Å². The summed E-state index contributed by atoms with van der Waals surface area (Å²) in [5, 5.41) is 0. The molecule has 1 heterocycles. The summed E-state index contributed by atoms with van der Waals surface area (Å²) in [5.41, 5.74) is 0.573. The van der Waals surface area contributed by atoms with Crippen molar-refractivity contribution in [1.29, 1.82) is 0 Å². The van der Waals surface area contributed by atoms with E-state index in [1.807, 2.05) is 0 Å². The molecular weight excluding hydrogens is 260 g/mol. The normalized spacial score (nSPS) is 9.95. The number of benzene rings is 1. The zero-order valence-electron chi connectivity index (χ0n) is 11.4. The summed E-state index contributed by atoms with van der Waals surface area (Å²) in [6.45, 7) is 0. The quantitative estimate of drug-likeness (QED) is 0.773. The third-order valence-electron chi connectivity index (χ3n) is 2.74. The molecule has 6 nitrogen and oxygen atoms in total. The number of methoxy groups -OCH3 is 3. The topological polar surface area (TPSA) is 70.5 Å². The number of rotatable bonds is 5. The van der Waals surface area contributed by atoms with Crippen molar-refractivity contribution in [3.05, 3.63) is 42.0 Å². The third kappa shape index (κ3) is 2.40. The first-order valence-corrected chi connectivity index (χ1v) is 5.82. The van der Waals surface area contributed by atoms with Crippen molar-refractivity contribution in [2.75, 3.05) is 21.3 Å². The van der Waals surface area contributed by atoms with Gasteiger partial charge in [-0.2, -0.15) is 0 Å². The second-order valence-electron chi connectivity index (χ2n) is 3.80. The predicted octanol–water partition coefficient (Wildman–Crippen LogP) is 1.73. The standard InChI is InChI=1S/C14H14N2O4/c1-18-11-5-4-9(13(19-2)14(11)20-3)12(17)10-8-15-6-7-16-10/h4-8H,1-3H3. The molecule has 0 aliphatic rings. The lowest BCUT2D eigenvalue weighted by Gasteiger charge is -2.14. The van der Waals surface area contributed by atoms with Gasteiger partial charge in [0, 0.05) is 12.4 Å². The van der Waals surface area contributed by atoms with Gasteiger partial charge in [0.2, 0.25) is 11.5 Å². The highest BCUT2D eigenvalue weighted by Crippen LogP contribution is 2.40. The summed E-state index contributed by atoms with van der Waals surface area (Å²) >= 11 is 0. The number of carbonyl (C=O) groups excluding carboxylic acids is 1. The van der Waals surface area contributed by atoms with Crippen molar-refractivity contribution in [1.82, 2.24) is 9.97 Å². The zero-order valence-corrected chi connectivity index (χ0v) is 11.4. The summed E-state index contributed by atoms with van der Waals surface area (Å²) in [6.07, 6.45) is 4.36. The lowest BCUT2D eigenvalue weighted by molar-refractivity contribution is 0.103. The second-order valence-corrected chi connectivity index (χ2v) is 3.80. The van der Waals surface area contributed by atoms with Gasteiger partial charge in [-0.1, -0.05) is 0 Å². The molecule has 0 spiro atoms. The molecule has 0 fully saturated rings. The van der Waals surface area contributed by atoms with Crippen LogP contribution < -0.4 is 14.2 Å². The third-order valence-corrected chi connectivity index (χ3v) is 2.74. The zero-order chi connectivity index (χ0) is 14.5. The average molecular weight is 274 g/mol. The minimum Gasteiger partial charge on any atom is -0.493 e. The second kappa shape index (κ2) is 6.01. The maximum atomic E-state index is 12.4. The highest BCUT2D eigenvalue weighted by atomic mass is 16.5. The minimum absolute atomic E-state index is 0.234. The Morgan fingerprint density at radius 3 is 2.30 bits per heavy atom. The molecule has 0 amide bonds. The van der Waals surface area contributed by atoms with Crippen LogP contribution >= 0.6 is 0 Å². The Hall–Kier alpha value is -2.63. The molecule has 0 bridgehead atoms. The van der Waals surface area contributed by atoms with Crippen LogP contribution in [0.2, 0.25) is 0 Å². The Bertz CT molecular complexity index is 614. The van der Waals surface area contributed by atoms with Crippen molar-refractivity contribution in [2.45, 2.75) is 0 Å². The van der Waals surface area contributed by atoms with Gasteiger partial charge in [0.05, 0.1) is 33.1 Å². The summed E-state index contributed by atoms with van der Waals surface area (Å²) in [5.74, 6) is 0.864. The van der Waals surface area contributed by atoms with E-state index in [0.29, 0.717) is 22.8 Å². The summed E-state index contributed by atoms with van der Waals surface area (Å²) in [7, 11) is 4.46. The molecule has 0 radical (unpaired) electrons. The van der Waals surface area contributed by atoms with E-state index in [9.17, 15) is 4.79 Å². The molecule has 0 aliphatic carbocycles. The van der Waals surface area contributed by atoms with Gasteiger partial charge in [0.15, 0.2) is 11.5 Å². The first kappa shape index (κ1) is 13.8. The molecule has 0 saturated carbocycles. The van der Waals surface area contributed by atoms with E-state index in [1.54, 1.807) is 12.1 Å². The van der Waals surface area contributed by atoms with E-state index < -0.39 is 0 Å². The van der Waals surface area contributed by atoms with Crippen LogP contribution in [0, 0.1) is 0 Å². The van der Waals surface area contributed by atoms with E-state index in [0.717, 1.165) is 0 Å². The van der Waals surface area contributed by atoms with Crippen molar-refractivity contribution < 1.29 is 19.0 Å². The number of nitrogens with zero attached hydrogens (tertiary/aromatic N) is 2. The molecule has 0 aliphatic heterocycles. The van der Waals surface area contributed by atoms with Crippen LogP contribution in [-0.4, -0.2) is 37.1 Å². The van der Waals surface area contributed by atoms with Crippen LogP contribution in [0.25, 0.3) is 0 Å². The van der Waals surface area contributed by atoms with Crippen molar-refractivity contribution >= 4 is 5.78 Å². The number of ketones is 1. The fourth-order valence-electron chi connectivity index (χ4n) is 1.83. The van der Waals surface area contributed by atoms with E-state index in [1.165, 1.54) is 39.9 Å². The van der Waals surface area contributed by atoms with Gasteiger partial charge in [0.1, 0.15) is 5.69 Å².